The molecule has 0 aliphatic heterocycles. The Hall–Kier alpha value is -4.96. The van der Waals surface area contributed by atoms with E-state index < -0.39 is 0 Å². The van der Waals surface area contributed by atoms with E-state index in [2.05, 4.69) is 166 Å². The van der Waals surface area contributed by atoms with Gasteiger partial charge in [0.25, 0.3) is 11.6 Å². The highest BCUT2D eigenvalue weighted by atomic mass is 15.2. The first-order valence-corrected chi connectivity index (χ1v) is 14.1. The molecule has 2 aromatic heterocycles. The van der Waals surface area contributed by atoms with Gasteiger partial charge >= 0.3 is 0 Å². The summed E-state index contributed by atoms with van der Waals surface area (Å²) in [6.45, 7) is 6.22. The molecule has 40 heavy (non-hydrogen) atoms. The van der Waals surface area contributed by atoms with Crippen LogP contribution in [0.2, 0.25) is 0 Å². The van der Waals surface area contributed by atoms with Gasteiger partial charge in [-0.15, -0.1) is 0 Å². The van der Waals surface area contributed by atoms with Crippen molar-refractivity contribution in [1.82, 2.24) is 9.13 Å². The molecule has 0 N–H and O–H groups in total. The maximum atomic E-state index is 2.42. The molecule has 0 atom stereocenters. The van der Waals surface area contributed by atoms with Gasteiger partial charge in [-0.2, -0.15) is 9.13 Å². The van der Waals surface area contributed by atoms with Gasteiger partial charge in [-0.3, -0.25) is 0 Å². The maximum Gasteiger partial charge on any atom is 0.295 e. The summed E-state index contributed by atoms with van der Waals surface area (Å²) in [5.74, 6) is 2.38. The maximum absolute atomic E-state index is 2.42. The number of hydrogen-bond donors (Lipinski definition) is 0. The van der Waals surface area contributed by atoms with Crippen LogP contribution in [-0.4, -0.2) is 9.13 Å². The van der Waals surface area contributed by atoms with Crippen LogP contribution in [0.25, 0.3) is 56.2 Å². The van der Waals surface area contributed by atoms with E-state index in [4.69, 9.17) is 0 Å². The Morgan fingerprint density at radius 1 is 0.425 bits per heavy atom. The Balaban J connectivity index is 1.46. The fourth-order valence-corrected chi connectivity index (χ4v) is 6.12. The molecule has 0 bridgehead atoms. The van der Waals surface area contributed by atoms with Crippen LogP contribution >= 0.6 is 0 Å². The molecule has 0 saturated heterocycles. The van der Waals surface area contributed by atoms with Crippen molar-refractivity contribution in [2.24, 2.45) is 0 Å². The van der Waals surface area contributed by atoms with Gasteiger partial charge in [-0.1, -0.05) is 60.7 Å². The highest BCUT2D eigenvalue weighted by Gasteiger charge is 2.29. The van der Waals surface area contributed by atoms with Crippen molar-refractivity contribution in [3.05, 3.63) is 133 Å². The Labute approximate surface area is 234 Å². The Morgan fingerprint density at radius 2 is 0.775 bits per heavy atom. The molecule has 194 valence electrons. The topological polar surface area (TPSA) is 17.6 Å². The highest BCUT2D eigenvalue weighted by Crippen LogP contribution is 2.31. The zero-order valence-corrected chi connectivity index (χ0v) is 22.9. The smallest absolute Gasteiger partial charge is 0.223 e. The van der Waals surface area contributed by atoms with E-state index in [1.165, 1.54) is 44.8 Å². The van der Waals surface area contributed by atoms with Crippen molar-refractivity contribution >= 4 is 22.1 Å². The largest absolute Gasteiger partial charge is 0.295 e. The molecule has 0 unspecified atom stereocenters. The molecule has 2 heterocycles. The van der Waals surface area contributed by atoms with Crippen molar-refractivity contribution in [1.29, 1.82) is 0 Å². The minimum absolute atomic E-state index is 0.884. The second kappa shape index (κ2) is 9.97. The SMILES string of the molecule is CC[n+]1c(-c2ccc(-c3n(-c4ccccc4)c4ccccc4[n+]3CC)cc2)n(-c2ccccc2)c2ccccc21. The molecule has 0 radical (unpaired) electrons. The molecule has 5 aromatic carbocycles. The third-order valence-corrected chi connectivity index (χ3v) is 7.82. The highest BCUT2D eigenvalue weighted by molar-refractivity contribution is 5.81. The number of aromatic nitrogens is 4. The summed E-state index contributed by atoms with van der Waals surface area (Å²) < 4.78 is 9.62. The van der Waals surface area contributed by atoms with Crippen LogP contribution in [0.4, 0.5) is 0 Å². The standard InChI is InChI=1S/C36H32N4/c1-3-37-31-19-11-13-21-33(31)39(29-15-7-5-8-16-29)35(37)27-23-25-28(26-24-27)36-38(4-2)32-20-12-14-22-34(32)40(36)30-17-9-6-10-18-30/h5-26H,3-4H2,1-2H3/q+2. The Morgan fingerprint density at radius 3 is 1.15 bits per heavy atom. The number of rotatable bonds is 6. The fourth-order valence-electron chi connectivity index (χ4n) is 6.12. The van der Waals surface area contributed by atoms with Crippen molar-refractivity contribution < 1.29 is 9.13 Å². The monoisotopic (exact) mass is 520 g/mol. The molecule has 7 rings (SSSR count). The molecule has 0 amide bonds. The number of para-hydroxylation sites is 6. The van der Waals surface area contributed by atoms with Gasteiger partial charge in [0.05, 0.1) is 24.2 Å². The zero-order valence-electron chi connectivity index (χ0n) is 22.9. The molecule has 4 heteroatoms. The minimum atomic E-state index is 0.884. The first-order chi connectivity index (χ1) is 19.8. The van der Waals surface area contributed by atoms with E-state index in [1.807, 2.05) is 0 Å². The number of imidazole rings is 2. The second-order valence-corrected chi connectivity index (χ2v) is 10.0. The summed E-state index contributed by atoms with van der Waals surface area (Å²) >= 11 is 0. The third-order valence-electron chi connectivity index (χ3n) is 7.82. The van der Waals surface area contributed by atoms with E-state index in [0.717, 1.165) is 24.5 Å². The molecular weight excluding hydrogens is 488 g/mol. The summed E-state index contributed by atoms with van der Waals surface area (Å²) in [5.41, 5.74) is 9.61. The number of nitrogens with zero attached hydrogens (tertiary/aromatic N) is 4. The summed E-state index contributed by atoms with van der Waals surface area (Å²) in [6.07, 6.45) is 0. The molecule has 0 saturated carbocycles. The third kappa shape index (κ3) is 3.76. The van der Waals surface area contributed by atoms with E-state index >= 15 is 0 Å². The van der Waals surface area contributed by atoms with Crippen LogP contribution in [0.5, 0.6) is 0 Å². The fraction of sp³-hybridized carbons (Fsp3) is 0.111. The van der Waals surface area contributed by atoms with Crippen LogP contribution in [0.3, 0.4) is 0 Å². The first-order valence-electron chi connectivity index (χ1n) is 14.1. The lowest BCUT2D eigenvalue weighted by Gasteiger charge is -2.07. The normalized spacial score (nSPS) is 11.4. The van der Waals surface area contributed by atoms with Gasteiger partial charge in [0, 0.05) is 0 Å². The van der Waals surface area contributed by atoms with Crippen molar-refractivity contribution in [3.8, 4) is 34.2 Å². The average Bonchev–Trinajstić information content (AvgIpc) is 3.55. The van der Waals surface area contributed by atoms with Gasteiger partial charge in [0.1, 0.15) is 11.4 Å². The van der Waals surface area contributed by atoms with Gasteiger partial charge in [0.2, 0.25) is 0 Å². The van der Waals surface area contributed by atoms with Gasteiger partial charge in [-0.25, -0.2) is 9.13 Å². The molecule has 4 nitrogen and oxygen atoms in total. The predicted molar refractivity (Wildman–Crippen MR) is 163 cm³/mol. The minimum Gasteiger partial charge on any atom is -0.223 e. The molecule has 0 aliphatic carbocycles. The van der Waals surface area contributed by atoms with E-state index in [0.29, 0.717) is 0 Å². The summed E-state index contributed by atoms with van der Waals surface area (Å²) in [6, 6.07) is 47.8. The van der Waals surface area contributed by atoms with Crippen LogP contribution in [0.15, 0.2) is 133 Å². The van der Waals surface area contributed by atoms with Gasteiger partial charge in [-0.05, 0) is 86.6 Å². The van der Waals surface area contributed by atoms with Crippen molar-refractivity contribution in [2.45, 2.75) is 26.9 Å². The van der Waals surface area contributed by atoms with Gasteiger partial charge in [0.15, 0.2) is 22.1 Å². The average molecular weight is 521 g/mol. The number of hydrogen-bond acceptors (Lipinski definition) is 0. The van der Waals surface area contributed by atoms with Crippen LogP contribution in [-0.2, 0) is 13.1 Å². The van der Waals surface area contributed by atoms with Crippen LogP contribution in [0, 0.1) is 0 Å². The van der Waals surface area contributed by atoms with E-state index in [1.54, 1.807) is 0 Å². The molecular formula is C36H32N4+2. The predicted octanol–water partition coefficient (Wildman–Crippen LogP) is 7.52. The first kappa shape index (κ1) is 24.1. The molecule has 0 fully saturated rings. The number of benzene rings is 5. The lowest BCUT2D eigenvalue weighted by molar-refractivity contribution is -0.657. The number of aryl methyl sites for hydroxylation is 2. The second-order valence-electron chi connectivity index (χ2n) is 10.0. The van der Waals surface area contributed by atoms with Crippen LogP contribution < -0.4 is 9.13 Å². The summed E-state index contributed by atoms with van der Waals surface area (Å²) in [5, 5.41) is 0. The number of fused-ring (bicyclic) bond motifs is 2. The van der Waals surface area contributed by atoms with E-state index in [9.17, 15) is 0 Å². The Kier molecular flexibility index (Phi) is 6.01. The summed E-state index contributed by atoms with van der Waals surface area (Å²) in [7, 11) is 0. The molecule has 0 spiro atoms. The quantitative estimate of drug-likeness (QED) is 0.202. The summed E-state index contributed by atoms with van der Waals surface area (Å²) in [4.78, 5) is 0. The van der Waals surface area contributed by atoms with Crippen molar-refractivity contribution in [3.63, 3.8) is 0 Å². The molecule has 7 aromatic rings. The van der Waals surface area contributed by atoms with Gasteiger partial charge < -0.3 is 0 Å². The van der Waals surface area contributed by atoms with E-state index in [-0.39, 0.29) is 0 Å². The zero-order chi connectivity index (χ0) is 27.1. The lowest BCUT2D eigenvalue weighted by atomic mass is 10.1. The van der Waals surface area contributed by atoms with Crippen molar-refractivity contribution in [2.75, 3.05) is 0 Å². The van der Waals surface area contributed by atoms with Crippen LogP contribution in [0.1, 0.15) is 13.8 Å². The lowest BCUT2D eigenvalue weighted by Crippen LogP contribution is -2.34. The Bertz CT molecular complexity index is 1800. The molecule has 0 aliphatic rings.